The highest BCUT2D eigenvalue weighted by Crippen LogP contribution is 2.36. The Hall–Kier alpha value is -0.530. The molecular formula is C10H20N2. The van der Waals surface area contributed by atoms with E-state index in [0.717, 1.165) is 6.42 Å². The van der Waals surface area contributed by atoms with Crippen molar-refractivity contribution in [3.63, 3.8) is 0 Å². The zero-order chi connectivity index (χ0) is 9.19. The molecule has 1 unspecified atom stereocenters. The van der Waals surface area contributed by atoms with Gasteiger partial charge in [0, 0.05) is 17.2 Å². The summed E-state index contributed by atoms with van der Waals surface area (Å²) in [6.45, 7) is 8.85. The van der Waals surface area contributed by atoms with Gasteiger partial charge in [-0.1, -0.05) is 20.8 Å². The van der Waals surface area contributed by atoms with E-state index in [-0.39, 0.29) is 0 Å². The molecule has 1 N–H and O–H groups in total. The van der Waals surface area contributed by atoms with Crippen LogP contribution in [-0.2, 0) is 0 Å². The van der Waals surface area contributed by atoms with Gasteiger partial charge in [0.2, 0.25) is 0 Å². The summed E-state index contributed by atoms with van der Waals surface area (Å²) < 4.78 is 0. The van der Waals surface area contributed by atoms with Crippen LogP contribution in [0.5, 0.6) is 0 Å². The van der Waals surface area contributed by atoms with Gasteiger partial charge in [-0.3, -0.25) is 0 Å². The molecule has 2 nitrogen and oxygen atoms in total. The molecule has 0 bridgehead atoms. The lowest BCUT2D eigenvalue weighted by molar-refractivity contribution is 0.397. The number of hydrazone groups is 1. The predicted molar refractivity (Wildman–Crippen MR) is 53.3 cm³/mol. The molecule has 1 aliphatic rings. The van der Waals surface area contributed by atoms with E-state index in [2.05, 4.69) is 38.2 Å². The van der Waals surface area contributed by atoms with Gasteiger partial charge in [0.1, 0.15) is 0 Å². The maximum atomic E-state index is 4.42. The van der Waals surface area contributed by atoms with Crippen LogP contribution in [0.4, 0.5) is 0 Å². The zero-order valence-corrected chi connectivity index (χ0v) is 8.65. The lowest BCUT2D eigenvalue weighted by Crippen LogP contribution is -2.37. The average Bonchev–Trinajstić information content (AvgIpc) is 2.02. The van der Waals surface area contributed by atoms with Crippen LogP contribution in [0.25, 0.3) is 0 Å². The van der Waals surface area contributed by atoms with Crippen molar-refractivity contribution in [2.45, 2.75) is 53.0 Å². The third-order valence-corrected chi connectivity index (χ3v) is 2.80. The molecule has 0 aromatic rings. The van der Waals surface area contributed by atoms with Gasteiger partial charge in [-0.05, 0) is 26.2 Å². The highest BCUT2D eigenvalue weighted by atomic mass is 15.3. The molecule has 12 heavy (non-hydrogen) atoms. The van der Waals surface area contributed by atoms with E-state index in [4.69, 9.17) is 0 Å². The Kier molecular flexibility index (Phi) is 2.76. The zero-order valence-electron chi connectivity index (χ0n) is 8.65. The fourth-order valence-electron chi connectivity index (χ4n) is 1.22. The van der Waals surface area contributed by atoms with Crippen LogP contribution in [0, 0.1) is 5.41 Å². The first-order valence-electron chi connectivity index (χ1n) is 4.89. The minimum absolute atomic E-state index is 0.362. The van der Waals surface area contributed by atoms with E-state index in [1.165, 1.54) is 18.6 Å². The second-order valence-corrected chi connectivity index (χ2v) is 4.38. The van der Waals surface area contributed by atoms with Crippen LogP contribution in [0.3, 0.4) is 0 Å². The topological polar surface area (TPSA) is 24.4 Å². The van der Waals surface area contributed by atoms with Gasteiger partial charge in [-0.25, -0.2) is 0 Å². The summed E-state index contributed by atoms with van der Waals surface area (Å²) in [6.07, 6.45) is 3.60. The Morgan fingerprint density at radius 2 is 2.25 bits per heavy atom. The van der Waals surface area contributed by atoms with E-state index in [1.54, 1.807) is 0 Å². The molecule has 0 aliphatic heterocycles. The molecule has 2 heteroatoms. The number of hydrogen-bond donors (Lipinski definition) is 1. The van der Waals surface area contributed by atoms with Crippen molar-refractivity contribution >= 4 is 5.71 Å². The van der Waals surface area contributed by atoms with Crippen molar-refractivity contribution in [3.8, 4) is 0 Å². The summed E-state index contributed by atoms with van der Waals surface area (Å²) in [4.78, 5) is 0. The van der Waals surface area contributed by atoms with Crippen molar-refractivity contribution in [3.05, 3.63) is 0 Å². The Balaban J connectivity index is 2.38. The van der Waals surface area contributed by atoms with Crippen LogP contribution in [-0.4, -0.2) is 11.8 Å². The Morgan fingerprint density at radius 3 is 2.58 bits per heavy atom. The molecule has 1 saturated carbocycles. The highest BCUT2D eigenvalue weighted by Gasteiger charge is 2.34. The summed E-state index contributed by atoms with van der Waals surface area (Å²) in [5, 5.41) is 4.42. The maximum Gasteiger partial charge on any atom is 0.0435 e. The first-order chi connectivity index (χ1) is 5.56. The third-order valence-electron chi connectivity index (χ3n) is 2.80. The monoisotopic (exact) mass is 168 g/mol. The minimum Gasteiger partial charge on any atom is -0.307 e. The fraction of sp³-hybridized carbons (Fsp3) is 0.900. The van der Waals surface area contributed by atoms with E-state index in [9.17, 15) is 0 Å². The van der Waals surface area contributed by atoms with Crippen molar-refractivity contribution in [1.82, 2.24) is 5.43 Å². The predicted octanol–water partition coefficient (Wildman–Crippen LogP) is 2.55. The summed E-state index contributed by atoms with van der Waals surface area (Å²) in [5.41, 5.74) is 4.88. The Bertz CT molecular complexity index is 182. The number of nitrogens with zero attached hydrogens (tertiary/aromatic N) is 1. The Labute approximate surface area is 75.4 Å². The van der Waals surface area contributed by atoms with Gasteiger partial charge >= 0.3 is 0 Å². The largest absolute Gasteiger partial charge is 0.307 e. The molecule has 0 saturated heterocycles. The Morgan fingerprint density at radius 1 is 1.58 bits per heavy atom. The maximum absolute atomic E-state index is 4.42. The lowest BCUT2D eigenvalue weighted by Gasteiger charge is -2.36. The van der Waals surface area contributed by atoms with Gasteiger partial charge in [0.25, 0.3) is 0 Å². The third kappa shape index (κ3) is 1.99. The molecule has 1 fully saturated rings. The van der Waals surface area contributed by atoms with Crippen molar-refractivity contribution in [2.24, 2.45) is 10.5 Å². The normalized spacial score (nSPS) is 26.5. The molecule has 0 aromatic heterocycles. The molecule has 0 aromatic carbocycles. The van der Waals surface area contributed by atoms with Crippen molar-refractivity contribution in [2.75, 3.05) is 0 Å². The van der Waals surface area contributed by atoms with Crippen LogP contribution in [0.2, 0.25) is 0 Å². The summed E-state index contributed by atoms with van der Waals surface area (Å²) in [7, 11) is 0. The smallest absolute Gasteiger partial charge is 0.0435 e. The average molecular weight is 168 g/mol. The second-order valence-electron chi connectivity index (χ2n) is 4.38. The summed E-state index contributed by atoms with van der Waals surface area (Å²) in [6, 6.07) is 0.508. The molecule has 0 spiro atoms. The molecule has 0 amide bonds. The van der Waals surface area contributed by atoms with Gasteiger partial charge in [0.15, 0.2) is 0 Å². The highest BCUT2D eigenvalue weighted by molar-refractivity contribution is 5.94. The van der Waals surface area contributed by atoms with Crippen LogP contribution < -0.4 is 5.43 Å². The van der Waals surface area contributed by atoms with Gasteiger partial charge in [0.05, 0.1) is 0 Å². The number of rotatable bonds is 3. The molecule has 0 radical (unpaired) electrons. The van der Waals surface area contributed by atoms with Crippen LogP contribution >= 0.6 is 0 Å². The van der Waals surface area contributed by atoms with E-state index >= 15 is 0 Å². The van der Waals surface area contributed by atoms with Crippen LogP contribution in [0.15, 0.2) is 5.10 Å². The molecule has 1 atom stereocenters. The van der Waals surface area contributed by atoms with Gasteiger partial charge < -0.3 is 5.43 Å². The molecule has 70 valence electrons. The second kappa shape index (κ2) is 3.46. The SMILES string of the molecule is CCC(C)N/N=C1/CCC1(C)C. The minimum atomic E-state index is 0.362. The summed E-state index contributed by atoms with van der Waals surface area (Å²) in [5.74, 6) is 0. The fourth-order valence-corrected chi connectivity index (χ4v) is 1.22. The summed E-state index contributed by atoms with van der Waals surface area (Å²) >= 11 is 0. The lowest BCUT2D eigenvalue weighted by atomic mass is 9.70. The van der Waals surface area contributed by atoms with E-state index < -0.39 is 0 Å². The molecule has 1 aliphatic carbocycles. The molecular weight excluding hydrogens is 148 g/mol. The number of hydrogen-bond acceptors (Lipinski definition) is 2. The van der Waals surface area contributed by atoms with Gasteiger partial charge in [-0.2, -0.15) is 5.10 Å². The quantitative estimate of drug-likeness (QED) is 0.643. The van der Waals surface area contributed by atoms with Gasteiger partial charge in [-0.15, -0.1) is 0 Å². The van der Waals surface area contributed by atoms with E-state index in [0.29, 0.717) is 11.5 Å². The first-order valence-corrected chi connectivity index (χ1v) is 4.89. The van der Waals surface area contributed by atoms with Crippen LogP contribution in [0.1, 0.15) is 47.0 Å². The van der Waals surface area contributed by atoms with Crippen molar-refractivity contribution < 1.29 is 0 Å². The van der Waals surface area contributed by atoms with Crippen molar-refractivity contribution in [1.29, 1.82) is 0 Å². The number of nitrogens with one attached hydrogen (secondary N) is 1. The first kappa shape index (κ1) is 9.56. The van der Waals surface area contributed by atoms with E-state index in [1.807, 2.05) is 0 Å². The molecule has 0 heterocycles. The standard InChI is InChI=1S/C10H20N2/c1-5-8(2)11-12-9-6-7-10(9,3)4/h8,11H,5-7H2,1-4H3/b12-9-. The molecule has 1 rings (SSSR count).